The lowest BCUT2D eigenvalue weighted by atomic mass is 9.97. The molecule has 1 unspecified atom stereocenters. The summed E-state index contributed by atoms with van der Waals surface area (Å²) in [6.45, 7) is 0. The van der Waals surface area contributed by atoms with Crippen LogP contribution in [0.15, 0.2) is 11.4 Å². The van der Waals surface area contributed by atoms with Gasteiger partial charge in [0.2, 0.25) is 0 Å². The molecule has 4 N–H and O–H groups in total. The van der Waals surface area contributed by atoms with Crippen molar-refractivity contribution in [2.75, 3.05) is 0 Å². The molecule has 0 aromatic rings. The van der Waals surface area contributed by atoms with E-state index in [1.807, 2.05) is 0 Å². The number of hydrogen-bond donors (Lipinski definition) is 2. The van der Waals surface area contributed by atoms with Crippen LogP contribution >= 0.6 is 0 Å². The molecule has 6 heteroatoms. The number of amides is 1. The van der Waals surface area contributed by atoms with Gasteiger partial charge in [0.25, 0.3) is 5.91 Å². The van der Waals surface area contributed by atoms with Gasteiger partial charge in [-0.25, -0.2) is 10.9 Å². The number of nitrogens with zero attached hydrogens (tertiary/aromatic N) is 3. The minimum atomic E-state index is -0.896. The SMILES string of the molecule is N#CC1=C(N)N(N)C(=O)C(C#N)C1. The molecular formula is C7H7N5O. The molecule has 0 saturated heterocycles. The molecule has 66 valence electrons. The van der Waals surface area contributed by atoms with Crippen molar-refractivity contribution in [1.82, 2.24) is 5.01 Å². The summed E-state index contributed by atoms with van der Waals surface area (Å²) in [4.78, 5) is 11.2. The average molecular weight is 177 g/mol. The number of allylic oxidation sites excluding steroid dienone is 1. The summed E-state index contributed by atoms with van der Waals surface area (Å²) in [6.07, 6.45) is 0.0470. The third-order valence-electron chi connectivity index (χ3n) is 1.80. The monoisotopic (exact) mass is 177 g/mol. The van der Waals surface area contributed by atoms with Crippen molar-refractivity contribution in [3.63, 3.8) is 0 Å². The molecule has 1 atom stereocenters. The maximum Gasteiger partial charge on any atom is 0.260 e. The van der Waals surface area contributed by atoms with E-state index in [2.05, 4.69) is 0 Å². The van der Waals surface area contributed by atoms with Gasteiger partial charge in [-0.3, -0.25) is 4.79 Å². The van der Waals surface area contributed by atoms with E-state index in [1.54, 1.807) is 12.1 Å². The largest absolute Gasteiger partial charge is 0.383 e. The molecule has 0 saturated carbocycles. The summed E-state index contributed by atoms with van der Waals surface area (Å²) in [5.41, 5.74) is 5.54. The average Bonchev–Trinajstić information content (AvgIpc) is 2.15. The number of carbonyl (C=O) groups is 1. The highest BCUT2D eigenvalue weighted by molar-refractivity contribution is 5.84. The molecule has 1 aliphatic rings. The summed E-state index contributed by atoms with van der Waals surface area (Å²) in [5.74, 6) is 3.72. The molecule has 0 radical (unpaired) electrons. The Kier molecular flexibility index (Phi) is 2.18. The van der Waals surface area contributed by atoms with E-state index in [4.69, 9.17) is 22.1 Å². The van der Waals surface area contributed by atoms with Crippen LogP contribution in [0.5, 0.6) is 0 Å². The zero-order chi connectivity index (χ0) is 10.0. The number of hydrazine groups is 1. The van der Waals surface area contributed by atoms with Crippen molar-refractivity contribution in [3.8, 4) is 12.1 Å². The first kappa shape index (κ1) is 9.04. The second-order valence-corrected chi connectivity index (χ2v) is 2.57. The van der Waals surface area contributed by atoms with Crippen LogP contribution in [0.2, 0.25) is 0 Å². The zero-order valence-corrected chi connectivity index (χ0v) is 6.69. The van der Waals surface area contributed by atoms with Gasteiger partial charge in [0.15, 0.2) is 0 Å². The molecule has 1 aliphatic heterocycles. The quantitative estimate of drug-likeness (QED) is 0.360. The van der Waals surface area contributed by atoms with Gasteiger partial charge >= 0.3 is 0 Å². The van der Waals surface area contributed by atoms with E-state index in [-0.39, 0.29) is 17.8 Å². The minimum absolute atomic E-state index is 0.0470. The fraction of sp³-hybridized carbons (Fsp3) is 0.286. The second-order valence-electron chi connectivity index (χ2n) is 2.57. The summed E-state index contributed by atoms with van der Waals surface area (Å²) < 4.78 is 0. The summed E-state index contributed by atoms with van der Waals surface area (Å²) in [6, 6.07) is 3.56. The van der Waals surface area contributed by atoms with Crippen molar-refractivity contribution in [2.24, 2.45) is 17.5 Å². The highest BCUT2D eigenvalue weighted by atomic mass is 16.2. The van der Waals surface area contributed by atoms with E-state index in [0.29, 0.717) is 5.01 Å². The Morgan fingerprint density at radius 2 is 2.15 bits per heavy atom. The first-order valence-corrected chi connectivity index (χ1v) is 3.48. The smallest absolute Gasteiger partial charge is 0.260 e. The Morgan fingerprint density at radius 3 is 2.62 bits per heavy atom. The first-order valence-electron chi connectivity index (χ1n) is 3.48. The standard InChI is InChI=1S/C7H7N5O/c8-2-4-1-5(3-9)7(13)12(11)6(4)10/h5H,1,10-11H2. The number of nitrogens with two attached hydrogens (primary N) is 2. The molecule has 13 heavy (non-hydrogen) atoms. The van der Waals surface area contributed by atoms with E-state index >= 15 is 0 Å². The minimum Gasteiger partial charge on any atom is -0.383 e. The van der Waals surface area contributed by atoms with Crippen LogP contribution in [-0.4, -0.2) is 10.9 Å². The Morgan fingerprint density at radius 1 is 1.54 bits per heavy atom. The van der Waals surface area contributed by atoms with Crippen LogP contribution in [0.4, 0.5) is 0 Å². The maximum absolute atomic E-state index is 11.2. The molecule has 0 aromatic carbocycles. The highest BCUT2D eigenvalue weighted by Gasteiger charge is 2.32. The molecule has 1 rings (SSSR count). The van der Waals surface area contributed by atoms with Gasteiger partial charge in [0.1, 0.15) is 11.7 Å². The second kappa shape index (κ2) is 3.13. The lowest BCUT2D eigenvalue weighted by molar-refractivity contribution is -0.132. The third-order valence-corrected chi connectivity index (χ3v) is 1.80. The number of carbonyl (C=O) groups excluding carboxylic acids is 1. The molecule has 1 heterocycles. The highest BCUT2D eigenvalue weighted by Crippen LogP contribution is 2.21. The molecule has 0 aliphatic carbocycles. The third kappa shape index (κ3) is 1.31. The Labute approximate surface area is 74.6 Å². The molecule has 0 aromatic heterocycles. The van der Waals surface area contributed by atoms with Crippen LogP contribution in [0.25, 0.3) is 0 Å². The topological polar surface area (TPSA) is 120 Å². The number of rotatable bonds is 0. The lowest BCUT2D eigenvalue weighted by Gasteiger charge is -2.25. The Balaban J connectivity index is 3.11. The van der Waals surface area contributed by atoms with E-state index in [1.165, 1.54) is 0 Å². The fourth-order valence-corrected chi connectivity index (χ4v) is 1.03. The van der Waals surface area contributed by atoms with Crippen LogP contribution in [0.3, 0.4) is 0 Å². The Hall–Kier alpha value is -2.05. The van der Waals surface area contributed by atoms with Gasteiger partial charge in [0, 0.05) is 6.42 Å². The van der Waals surface area contributed by atoms with E-state index in [9.17, 15) is 4.79 Å². The van der Waals surface area contributed by atoms with Crippen molar-refractivity contribution in [3.05, 3.63) is 11.4 Å². The van der Waals surface area contributed by atoms with Gasteiger partial charge < -0.3 is 5.73 Å². The maximum atomic E-state index is 11.2. The van der Waals surface area contributed by atoms with Gasteiger partial charge in [-0.05, 0) is 0 Å². The molecule has 6 nitrogen and oxygen atoms in total. The zero-order valence-electron chi connectivity index (χ0n) is 6.69. The molecule has 1 amide bonds. The summed E-state index contributed by atoms with van der Waals surface area (Å²) in [5, 5.41) is 17.8. The first-order chi connectivity index (χ1) is 6.11. The number of nitriles is 2. The normalized spacial score (nSPS) is 22.5. The predicted octanol–water partition coefficient (Wildman–Crippen LogP) is -1.07. The van der Waals surface area contributed by atoms with E-state index in [0.717, 1.165) is 0 Å². The van der Waals surface area contributed by atoms with Gasteiger partial charge in [0.05, 0.1) is 17.7 Å². The molecule has 0 spiro atoms. The van der Waals surface area contributed by atoms with Crippen molar-refractivity contribution >= 4 is 5.91 Å². The fourth-order valence-electron chi connectivity index (χ4n) is 1.03. The van der Waals surface area contributed by atoms with Crippen molar-refractivity contribution in [1.29, 1.82) is 10.5 Å². The van der Waals surface area contributed by atoms with Crippen molar-refractivity contribution < 1.29 is 4.79 Å². The van der Waals surface area contributed by atoms with Crippen molar-refractivity contribution in [2.45, 2.75) is 6.42 Å². The van der Waals surface area contributed by atoms with Crippen LogP contribution in [0.1, 0.15) is 6.42 Å². The van der Waals surface area contributed by atoms with Crippen LogP contribution in [-0.2, 0) is 4.79 Å². The van der Waals surface area contributed by atoms with Crippen LogP contribution in [0, 0.1) is 28.6 Å². The van der Waals surface area contributed by atoms with E-state index < -0.39 is 11.8 Å². The van der Waals surface area contributed by atoms with Gasteiger partial charge in [-0.1, -0.05) is 0 Å². The lowest BCUT2D eigenvalue weighted by Crippen LogP contribution is -2.46. The summed E-state index contributed by atoms with van der Waals surface area (Å²) >= 11 is 0. The van der Waals surface area contributed by atoms with Gasteiger partial charge in [-0.15, -0.1) is 0 Å². The molecule has 0 fully saturated rings. The number of hydrogen-bond acceptors (Lipinski definition) is 5. The molecular weight excluding hydrogens is 170 g/mol. The predicted molar refractivity (Wildman–Crippen MR) is 41.6 cm³/mol. The molecule has 0 bridgehead atoms. The summed E-state index contributed by atoms with van der Waals surface area (Å²) in [7, 11) is 0. The Bertz CT molecular complexity index is 358. The van der Waals surface area contributed by atoms with Gasteiger partial charge in [-0.2, -0.15) is 10.5 Å². The van der Waals surface area contributed by atoms with Crippen LogP contribution < -0.4 is 11.6 Å².